The van der Waals surface area contributed by atoms with Crippen molar-refractivity contribution in [3.8, 4) is 11.5 Å². The molecule has 1 unspecified atom stereocenters. The van der Waals surface area contributed by atoms with Gasteiger partial charge in [-0.05, 0) is 123 Å². The fraction of sp³-hybridized carbons (Fsp3) is 0.771. The van der Waals surface area contributed by atoms with Gasteiger partial charge in [0, 0.05) is 30.5 Å². The molecule has 0 saturated carbocycles. The minimum Gasteiger partial charge on any atom is -0.493 e. The summed E-state index contributed by atoms with van der Waals surface area (Å²) in [5.74, 6) is 3.03. The molecule has 6 heteroatoms. The number of hydrogen-bond donors (Lipinski definition) is 4. The normalized spacial score (nSPS) is 19.3. The van der Waals surface area contributed by atoms with Crippen LogP contribution in [0.15, 0.2) is 23.8 Å². The first-order valence-electron chi connectivity index (χ1n) is 16.9. The highest BCUT2D eigenvalue weighted by Crippen LogP contribution is 2.53. The monoisotopic (exact) mass is 570 g/mol. The van der Waals surface area contributed by atoms with Crippen molar-refractivity contribution in [2.45, 2.75) is 116 Å². The first-order chi connectivity index (χ1) is 20.0. The summed E-state index contributed by atoms with van der Waals surface area (Å²) in [6.07, 6.45) is 16.7. The second-order valence-electron chi connectivity index (χ2n) is 12.9. The molecule has 0 bridgehead atoms. The number of benzene rings is 1. The molecule has 1 aromatic rings. The van der Waals surface area contributed by atoms with E-state index in [0.717, 1.165) is 83.2 Å². The van der Waals surface area contributed by atoms with E-state index < -0.39 is 0 Å². The largest absolute Gasteiger partial charge is 0.493 e. The molecule has 1 heterocycles. The lowest BCUT2D eigenvalue weighted by Gasteiger charge is -2.46. The topological polar surface area (TPSA) is 80.6 Å². The van der Waals surface area contributed by atoms with Crippen LogP contribution in [-0.4, -0.2) is 58.0 Å². The summed E-state index contributed by atoms with van der Waals surface area (Å²) in [4.78, 5) is 0. The van der Waals surface area contributed by atoms with Crippen LogP contribution in [0.3, 0.4) is 0 Å². The van der Waals surface area contributed by atoms with E-state index in [9.17, 15) is 0 Å². The molecule has 2 aliphatic rings. The Morgan fingerprint density at radius 2 is 1.59 bits per heavy atom. The Kier molecular flexibility index (Phi) is 15.6. The average molecular weight is 571 g/mol. The highest BCUT2D eigenvalue weighted by Gasteiger charge is 2.45. The number of nitrogens with two attached hydrogens (primary N) is 1. The van der Waals surface area contributed by atoms with E-state index in [0.29, 0.717) is 11.8 Å². The van der Waals surface area contributed by atoms with E-state index in [1.165, 1.54) is 74.5 Å². The third-order valence-corrected chi connectivity index (χ3v) is 8.83. The number of aryl methyl sites for hydroxylation is 1. The number of hydrogen-bond acceptors (Lipinski definition) is 6. The molecule has 0 saturated heterocycles. The van der Waals surface area contributed by atoms with Crippen molar-refractivity contribution < 1.29 is 9.47 Å². The Labute approximate surface area is 252 Å². The van der Waals surface area contributed by atoms with Crippen LogP contribution in [0.25, 0.3) is 0 Å². The van der Waals surface area contributed by atoms with Crippen LogP contribution in [0.2, 0.25) is 0 Å². The predicted molar refractivity (Wildman–Crippen MR) is 174 cm³/mol. The van der Waals surface area contributed by atoms with Gasteiger partial charge in [0.1, 0.15) is 17.1 Å². The van der Waals surface area contributed by atoms with Gasteiger partial charge in [-0.25, -0.2) is 0 Å². The molecular formula is C35H62N4O2. The average Bonchev–Trinajstić information content (AvgIpc) is 2.94. The lowest BCUT2D eigenvalue weighted by Crippen LogP contribution is -2.45. The van der Waals surface area contributed by atoms with Crippen LogP contribution in [0, 0.1) is 5.92 Å². The van der Waals surface area contributed by atoms with Crippen LogP contribution in [0.5, 0.6) is 11.5 Å². The summed E-state index contributed by atoms with van der Waals surface area (Å²) in [5.41, 5.74) is 9.52. The number of fused-ring (bicyclic) bond motifs is 3. The Morgan fingerprint density at radius 1 is 0.878 bits per heavy atom. The molecule has 0 fully saturated rings. The second kappa shape index (κ2) is 18.8. The van der Waals surface area contributed by atoms with Crippen molar-refractivity contribution in [1.29, 1.82) is 0 Å². The van der Waals surface area contributed by atoms with Gasteiger partial charge in [0.05, 0.1) is 6.61 Å². The summed E-state index contributed by atoms with van der Waals surface area (Å²) in [6.45, 7) is 17.0. The van der Waals surface area contributed by atoms with Crippen LogP contribution in [0.4, 0.5) is 0 Å². The molecule has 0 aromatic heterocycles. The number of allylic oxidation sites excluding steroid dienone is 2. The molecular weight excluding hydrogens is 508 g/mol. The molecule has 1 aliphatic heterocycles. The number of ether oxygens (including phenoxy) is 2. The van der Waals surface area contributed by atoms with E-state index in [1.54, 1.807) is 0 Å². The molecule has 0 radical (unpaired) electrons. The fourth-order valence-corrected chi connectivity index (χ4v) is 6.41. The molecule has 1 aliphatic carbocycles. The molecule has 1 aromatic carbocycles. The first-order valence-corrected chi connectivity index (χ1v) is 16.9. The summed E-state index contributed by atoms with van der Waals surface area (Å²) in [5, 5.41) is 10.5. The lowest BCUT2D eigenvalue weighted by atomic mass is 9.68. The maximum Gasteiger partial charge on any atom is 0.127 e. The van der Waals surface area contributed by atoms with Crippen LogP contribution in [-0.2, 0) is 6.42 Å². The number of rotatable bonds is 22. The van der Waals surface area contributed by atoms with Gasteiger partial charge in [0.25, 0.3) is 0 Å². The first kappa shape index (κ1) is 33.9. The zero-order valence-electron chi connectivity index (χ0n) is 26.9. The van der Waals surface area contributed by atoms with E-state index in [2.05, 4.69) is 61.9 Å². The third-order valence-electron chi connectivity index (χ3n) is 8.83. The maximum atomic E-state index is 6.72. The van der Waals surface area contributed by atoms with Crippen LogP contribution in [0.1, 0.15) is 115 Å². The molecule has 0 spiro atoms. The van der Waals surface area contributed by atoms with E-state index >= 15 is 0 Å². The third kappa shape index (κ3) is 11.5. The van der Waals surface area contributed by atoms with Crippen molar-refractivity contribution in [3.05, 3.63) is 34.9 Å². The van der Waals surface area contributed by atoms with Crippen molar-refractivity contribution in [2.24, 2.45) is 11.7 Å². The van der Waals surface area contributed by atoms with Crippen LogP contribution < -0.4 is 31.2 Å². The summed E-state index contributed by atoms with van der Waals surface area (Å²) < 4.78 is 13.3. The number of unbranched alkanes of at least 4 members (excludes halogenated alkanes) is 5. The minimum absolute atomic E-state index is 0.152. The molecule has 2 atom stereocenters. The molecule has 6 nitrogen and oxygen atoms in total. The number of nitrogens with one attached hydrogen (secondary N) is 3. The van der Waals surface area contributed by atoms with Gasteiger partial charge in [-0.3, -0.25) is 0 Å². The molecule has 41 heavy (non-hydrogen) atoms. The highest BCUT2D eigenvalue weighted by molar-refractivity contribution is 5.54. The SMILES string of the molecule is CCCCCc1cc(OCCCCCCNCCCNCCNCCCN)c2c(c1)OC(C)(C)[C@@H]1CCC(C)=CC21. The van der Waals surface area contributed by atoms with Gasteiger partial charge in [-0.1, -0.05) is 44.3 Å². The van der Waals surface area contributed by atoms with E-state index in [-0.39, 0.29) is 5.60 Å². The minimum atomic E-state index is -0.152. The van der Waals surface area contributed by atoms with E-state index in [4.69, 9.17) is 15.2 Å². The summed E-state index contributed by atoms with van der Waals surface area (Å²) in [6, 6.07) is 4.65. The van der Waals surface area contributed by atoms with Gasteiger partial charge in [-0.15, -0.1) is 0 Å². The summed E-state index contributed by atoms with van der Waals surface area (Å²) >= 11 is 0. The Morgan fingerprint density at radius 3 is 2.34 bits per heavy atom. The molecule has 234 valence electrons. The predicted octanol–water partition coefficient (Wildman–Crippen LogP) is 6.48. The second-order valence-corrected chi connectivity index (χ2v) is 12.9. The highest BCUT2D eigenvalue weighted by atomic mass is 16.5. The van der Waals surface area contributed by atoms with Gasteiger partial charge in [0.15, 0.2) is 0 Å². The Hall–Kier alpha value is -1.60. The van der Waals surface area contributed by atoms with Gasteiger partial charge < -0.3 is 31.2 Å². The van der Waals surface area contributed by atoms with Gasteiger partial charge in [0.2, 0.25) is 0 Å². The maximum absolute atomic E-state index is 6.72. The molecule has 3 rings (SSSR count). The standard InChI is InChI=1S/C35H62N4O2/c1-5-6-9-14-29-26-32(34-30-25-28(2)15-16-31(30)35(3,4)41-33(34)27-29)40-24-11-8-7-10-18-37-20-13-21-39-23-22-38-19-12-17-36/h25-27,30-31,37-39H,5-24,36H2,1-4H3/t30?,31-/m1/s1. The van der Waals surface area contributed by atoms with Crippen molar-refractivity contribution in [1.82, 2.24) is 16.0 Å². The zero-order valence-corrected chi connectivity index (χ0v) is 26.9. The van der Waals surface area contributed by atoms with Gasteiger partial charge in [-0.2, -0.15) is 0 Å². The van der Waals surface area contributed by atoms with Crippen molar-refractivity contribution >= 4 is 0 Å². The Balaban J connectivity index is 1.39. The zero-order chi connectivity index (χ0) is 29.3. The smallest absolute Gasteiger partial charge is 0.127 e. The van der Waals surface area contributed by atoms with Crippen molar-refractivity contribution in [3.63, 3.8) is 0 Å². The summed E-state index contributed by atoms with van der Waals surface area (Å²) in [7, 11) is 0. The van der Waals surface area contributed by atoms with Crippen LogP contribution >= 0.6 is 0 Å². The molecule has 5 N–H and O–H groups in total. The van der Waals surface area contributed by atoms with E-state index in [1.807, 2.05) is 0 Å². The molecule has 0 amide bonds. The quantitative estimate of drug-likeness (QED) is 0.0944. The van der Waals surface area contributed by atoms with Crippen molar-refractivity contribution in [2.75, 3.05) is 52.4 Å². The lowest BCUT2D eigenvalue weighted by molar-refractivity contribution is 0.0104. The fourth-order valence-electron chi connectivity index (χ4n) is 6.41. The van der Waals surface area contributed by atoms with Gasteiger partial charge >= 0.3 is 0 Å². The Bertz CT molecular complexity index is 900.